The summed E-state index contributed by atoms with van der Waals surface area (Å²) >= 11 is 0. The molecule has 0 heterocycles. The Balaban J connectivity index is 1.89. The van der Waals surface area contributed by atoms with Crippen molar-refractivity contribution < 1.29 is 23.1 Å². The monoisotopic (exact) mass is 359 g/mol. The highest BCUT2D eigenvalue weighted by Gasteiger charge is 2.13. The maximum atomic E-state index is 13.6. The van der Waals surface area contributed by atoms with E-state index in [-0.39, 0.29) is 18.0 Å². The van der Waals surface area contributed by atoms with E-state index in [2.05, 4.69) is 11.9 Å². The molecule has 0 bridgehead atoms. The average Bonchev–Trinajstić information content (AvgIpc) is 2.55. The summed E-state index contributed by atoms with van der Waals surface area (Å²) < 4.78 is 31.4. The Morgan fingerprint density at radius 1 is 1.12 bits per heavy atom. The maximum absolute atomic E-state index is 13.6. The van der Waals surface area contributed by atoms with E-state index in [1.54, 1.807) is 12.1 Å². The quantitative estimate of drug-likeness (QED) is 0.565. The Kier molecular flexibility index (Phi) is 6.60. The van der Waals surface area contributed by atoms with Crippen molar-refractivity contribution in [3.63, 3.8) is 0 Å². The summed E-state index contributed by atoms with van der Waals surface area (Å²) in [6.07, 6.45) is 0.486. The lowest BCUT2D eigenvalue weighted by molar-refractivity contribution is -0.140. The van der Waals surface area contributed by atoms with Crippen LogP contribution in [0.5, 0.6) is 0 Å². The third kappa shape index (κ3) is 5.81. The minimum Gasteiger partial charge on any atom is -0.466 e. The van der Waals surface area contributed by atoms with Crippen LogP contribution in [0.15, 0.2) is 54.7 Å². The number of ether oxygens (including phenoxy) is 1. The highest BCUT2D eigenvalue weighted by Crippen LogP contribution is 2.17. The van der Waals surface area contributed by atoms with Crippen molar-refractivity contribution in [3.8, 4) is 0 Å². The molecule has 4 nitrogen and oxygen atoms in total. The number of carbonyl (C=O) groups excluding carboxylic acids is 2. The van der Waals surface area contributed by atoms with Gasteiger partial charge in [0.05, 0.1) is 18.6 Å². The van der Waals surface area contributed by atoms with Crippen molar-refractivity contribution in [2.24, 2.45) is 0 Å². The third-order valence-electron chi connectivity index (χ3n) is 3.58. The van der Waals surface area contributed by atoms with Crippen LogP contribution in [0, 0.1) is 11.6 Å². The Bertz CT molecular complexity index is 816. The normalized spacial score (nSPS) is 10.3. The van der Waals surface area contributed by atoms with Gasteiger partial charge in [-0.1, -0.05) is 18.7 Å². The molecule has 2 aromatic rings. The van der Waals surface area contributed by atoms with Crippen LogP contribution in [0.4, 0.5) is 14.5 Å². The van der Waals surface area contributed by atoms with Crippen LogP contribution < -0.4 is 5.32 Å². The molecular weight excluding hydrogens is 340 g/mol. The molecule has 6 heteroatoms. The van der Waals surface area contributed by atoms with Crippen LogP contribution in [0.3, 0.4) is 0 Å². The molecule has 0 fully saturated rings. The number of allylic oxidation sites excluding steroid dienone is 1. The molecule has 0 saturated carbocycles. The van der Waals surface area contributed by atoms with Crippen molar-refractivity contribution in [2.75, 3.05) is 11.9 Å². The third-order valence-corrected chi connectivity index (χ3v) is 3.58. The van der Waals surface area contributed by atoms with Crippen LogP contribution in [-0.4, -0.2) is 18.4 Å². The molecule has 0 radical (unpaired) electrons. The van der Waals surface area contributed by atoms with E-state index in [4.69, 9.17) is 4.74 Å². The second-order valence-corrected chi connectivity index (χ2v) is 5.74. The summed E-state index contributed by atoms with van der Waals surface area (Å²) in [5.74, 6) is -2.43. The van der Waals surface area contributed by atoms with Gasteiger partial charge in [-0.2, -0.15) is 0 Å². The Labute approximate surface area is 150 Å². The number of halogens is 2. The fraction of sp³-hybridized carbons (Fsp3) is 0.200. The number of rotatable bonds is 8. The van der Waals surface area contributed by atoms with Crippen molar-refractivity contribution in [2.45, 2.75) is 19.8 Å². The average molecular weight is 359 g/mol. The van der Waals surface area contributed by atoms with E-state index in [9.17, 15) is 18.4 Å². The predicted octanol–water partition coefficient (Wildman–Crippen LogP) is 4.27. The first kappa shape index (κ1) is 19.3. The van der Waals surface area contributed by atoms with Gasteiger partial charge in [0, 0.05) is 30.8 Å². The molecule has 0 unspecified atom stereocenters. The second-order valence-electron chi connectivity index (χ2n) is 5.74. The summed E-state index contributed by atoms with van der Waals surface area (Å²) in [6.45, 7) is 5.44. The van der Waals surface area contributed by atoms with Gasteiger partial charge in [0.25, 0.3) is 0 Å². The number of anilines is 1. The largest absolute Gasteiger partial charge is 0.466 e. The van der Waals surface area contributed by atoms with Gasteiger partial charge >= 0.3 is 5.97 Å². The molecule has 0 saturated heterocycles. The first-order chi connectivity index (χ1) is 12.3. The topological polar surface area (TPSA) is 55.4 Å². The molecule has 2 aromatic carbocycles. The Morgan fingerprint density at radius 3 is 2.42 bits per heavy atom. The number of Topliss-reactive ketones (excluding diaryl/α,β-unsaturated/α-hetero) is 1. The molecule has 0 aliphatic rings. The van der Waals surface area contributed by atoms with Crippen LogP contribution in [0.25, 0.3) is 0 Å². The first-order valence-electron chi connectivity index (χ1n) is 8.00. The summed E-state index contributed by atoms with van der Waals surface area (Å²) in [6, 6.07) is 10.2. The fourth-order valence-corrected chi connectivity index (χ4v) is 2.32. The van der Waals surface area contributed by atoms with E-state index >= 15 is 0 Å². The van der Waals surface area contributed by atoms with Crippen molar-refractivity contribution in [1.82, 2.24) is 0 Å². The second kappa shape index (κ2) is 8.89. The number of hydrogen-bond donors (Lipinski definition) is 1. The lowest BCUT2D eigenvalue weighted by atomic mass is 10.1. The number of ketones is 1. The van der Waals surface area contributed by atoms with Crippen molar-refractivity contribution in [1.29, 1.82) is 0 Å². The summed E-state index contributed by atoms with van der Waals surface area (Å²) in [7, 11) is 0. The molecule has 26 heavy (non-hydrogen) atoms. The van der Waals surface area contributed by atoms with Crippen LogP contribution >= 0.6 is 0 Å². The number of benzene rings is 2. The zero-order valence-electron chi connectivity index (χ0n) is 14.4. The minimum absolute atomic E-state index is 0.114. The van der Waals surface area contributed by atoms with Gasteiger partial charge < -0.3 is 10.1 Å². The van der Waals surface area contributed by atoms with Gasteiger partial charge in [0.15, 0.2) is 5.78 Å². The molecule has 0 aromatic heterocycles. The molecule has 0 amide bonds. The van der Waals surface area contributed by atoms with E-state index in [0.29, 0.717) is 24.8 Å². The predicted molar refractivity (Wildman–Crippen MR) is 94.8 cm³/mol. The molecule has 1 N–H and O–H groups in total. The first-order valence-corrected chi connectivity index (χ1v) is 8.00. The summed E-state index contributed by atoms with van der Waals surface area (Å²) in [4.78, 5) is 22.8. The van der Waals surface area contributed by atoms with E-state index < -0.39 is 17.4 Å². The van der Waals surface area contributed by atoms with Gasteiger partial charge in [0.1, 0.15) is 11.6 Å². The Hall–Kier alpha value is -3.02. The molecular formula is C20H19F2NO3. The molecule has 0 aliphatic carbocycles. The smallest absolute Gasteiger partial charge is 0.302 e. The zero-order valence-corrected chi connectivity index (χ0v) is 14.4. The highest BCUT2D eigenvalue weighted by atomic mass is 19.1. The SMILES string of the molecule is C=C(CC(=O)c1ccc(F)cc1F)Nc1ccc(CCOC(C)=O)cc1. The molecule has 0 atom stereocenters. The van der Waals surface area contributed by atoms with E-state index in [1.807, 2.05) is 12.1 Å². The molecule has 0 aliphatic heterocycles. The lowest BCUT2D eigenvalue weighted by Gasteiger charge is -2.10. The fourth-order valence-electron chi connectivity index (χ4n) is 2.32. The van der Waals surface area contributed by atoms with Gasteiger partial charge in [-0.25, -0.2) is 8.78 Å². The number of hydrogen-bond acceptors (Lipinski definition) is 4. The maximum Gasteiger partial charge on any atom is 0.302 e. The highest BCUT2D eigenvalue weighted by molar-refractivity contribution is 5.98. The van der Waals surface area contributed by atoms with Crippen molar-refractivity contribution >= 4 is 17.4 Å². The molecule has 136 valence electrons. The standard InChI is InChI=1S/C20H19F2NO3/c1-13(11-20(25)18-8-5-16(21)12-19(18)22)23-17-6-3-15(4-7-17)9-10-26-14(2)24/h3-8,12,23H,1,9-11H2,2H3. The van der Waals surface area contributed by atoms with E-state index in [0.717, 1.165) is 23.4 Å². The number of nitrogens with one attached hydrogen (secondary N) is 1. The van der Waals surface area contributed by atoms with Gasteiger partial charge in [-0.15, -0.1) is 0 Å². The molecule has 0 spiro atoms. The lowest BCUT2D eigenvalue weighted by Crippen LogP contribution is -2.08. The zero-order chi connectivity index (χ0) is 19.1. The van der Waals surface area contributed by atoms with Gasteiger partial charge in [-0.05, 0) is 29.8 Å². The van der Waals surface area contributed by atoms with Gasteiger partial charge in [0.2, 0.25) is 0 Å². The number of carbonyl (C=O) groups is 2. The summed E-state index contributed by atoms with van der Waals surface area (Å²) in [5.41, 5.74) is 1.94. The minimum atomic E-state index is -0.889. The van der Waals surface area contributed by atoms with E-state index in [1.165, 1.54) is 6.92 Å². The summed E-state index contributed by atoms with van der Waals surface area (Å²) in [5, 5.41) is 2.98. The van der Waals surface area contributed by atoms with Crippen LogP contribution in [0.2, 0.25) is 0 Å². The Morgan fingerprint density at radius 2 is 1.81 bits per heavy atom. The van der Waals surface area contributed by atoms with Crippen LogP contribution in [0.1, 0.15) is 29.3 Å². The van der Waals surface area contributed by atoms with Gasteiger partial charge in [-0.3, -0.25) is 9.59 Å². The van der Waals surface area contributed by atoms with Crippen LogP contribution in [-0.2, 0) is 16.0 Å². The molecule has 2 rings (SSSR count). The number of esters is 1. The van der Waals surface area contributed by atoms with Crippen molar-refractivity contribution in [3.05, 3.63) is 77.5 Å².